The summed E-state index contributed by atoms with van der Waals surface area (Å²) in [4.78, 5) is 0. The highest BCUT2D eigenvalue weighted by atomic mass is 35.5. The van der Waals surface area contributed by atoms with Gasteiger partial charge in [0, 0.05) is 21.2 Å². The van der Waals surface area contributed by atoms with Gasteiger partial charge in [0.05, 0.1) is 25.3 Å². The van der Waals surface area contributed by atoms with Gasteiger partial charge in [-0.25, -0.2) is 0 Å². The van der Waals surface area contributed by atoms with Gasteiger partial charge in [-0.15, -0.1) is 0 Å². The van der Waals surface area contributed by atoms with Gasteiger partial charge in [0.1, 0.15) is 11.5 Å². The normalized spacial score (nSPS) is 12.2. The molecule has 0 aliphatic rings. The van der Waals surface area contributed by atoms with E-state index in [4.69, 9.17) is 32.7 Å². The lowest BCUT2D eigenvalue weighted by Crippen LogP contribution is -2.13. The molecule has 0 aliphatic carbocycles. The molecule has 0 unspecified atom stereocenters. The van der Waals surface area contributed by atoms with Crippen LogP contribution >= 0.6 is 23.2 Å². The first-order valence-corrected chi connectivity index (χ1v) is 7.55. The molecule has 0 radical (unpaired) electrons. The van der Waals surface area contributed by atoms with Crippen molar-refractivity contribution in [3.8, 4) is 22.6 Å². The highest BCUT2D eigenvalue weighted by molar-refractivity contribution is 6.31. The van der Waals surface area contributed by atoms with Crippen molar-refractivity contribution >= 4 is 23.2 Å². The molecule has 0 atom stereocenters. The second kappa shape index (κ2) is 7.08. The maximum atomic E-state index is 13.5. The number of benzene rings is 2. The molecule has 2 rings (SSSR count). The molecule has 0 saturated carbocycles. The molecule has 2 nitrogen and oxygen atoms in total. The minimum atomic E-state index is -5.00. The van der Waals surface area contributed by atoms with E-state index >= 15 is 0 Å². The SMILES string of the molecule is COc1cc(Cl)cc(C(F)(F)F)c1-c1c(OC)cc(Cl)cc1C(F)(F)F. The first kappa shape index (κ1) is 20.5. The fourth-order valence-corrected chi connectivity index (χ4v) is 2.86. The Morgan fingerprint density at radius 2 is 0.962 bits per heavy atom. The van der Waals surface area contributed by atoms with Crippen molar-refractivity contribution < 1.29 is 35.8 Å². The van der Waals surface area contributed by atoms with Crippen LogP contribution in [0.1, 0.15) is 11.1 Å². The molecular weight excluding hydrogens is 409 g/mol. The summed E-state index contributed by atoms with van der Waals surface area (Å²) in [6.45, 7) is 0. The Balaban J connectivity index is 3.06. The zero-order valence-corrected chi connectivity index (χ0v) is 14.7. The number of rotatable bonds is 3. The number of hydrogen-bond donors (Lipinski definition) is 0. The molecule has 0 spiro atoms. The van der Waals surface area contributed by atoms with Gasteiger partial charge in [0.2, 0.25) is 0 Å². The van der Waals surface area contributed by atoms with E-state index in [0.29, 0.717) is 12.1 Å². The van der Waals surface area contributed by atoms with E-state index in [-0.39, 0.29) is 10.0 Å². The van der Waals surface area contributed by atoms with E-state index in [2.05, 4.69) is 0 Å². The molecule has 0 aromatic heterocycles. The molecule has 0 fully saturated rings. The van der Waals surface area contributed by atoms with E-state index in [1.54, 1.807) is 0 Å². The third kappa shape index (κ3) is 3.96. The van der Waals surface area contributed by atoms with Gasteiger partial charge in [0.15, 0.2) is 0 Å². The Morgan fingerprint density at radius 1 is 0.654 bits per heavy atom. The van der Waals surface area contributed by atoms with Crippen molar-refractivity contribution in [2.75, 3.05) is 14.2 Å². The van der Waals surface area contributed by atoms with E-state index < -0.39 is 46.1 Å². The molecule has 0 heterocycles. The third-order valence-electron chi connectivity index (χ3n) is 3.43. The Morgan fingerprint density at radius 3 is 1.19 bits per heavy atom. The van der Waals surface area contributed by atoms with Gasteiger partial charge < -0.3 is 9.47 Å². The molecule has 2 aromatic rings. The Bertz CT molecular complexity index is 761. The molecule has 0 aliphatic heterocycles. The van der Waals surface area contributed by atoms with Gasteiger partial charge in [-0.05, 0) is 24.3 Å². The summed E-state index contributed by atoms with van der Waals surface area (Å²) in [5.41, 5.74) is -4.48. The fourth-order valence-electron chi connectivity index (χ4n) is 2.45. The molecule has 0 saturated heterocycles. The van der Waals surface area contributed by atoms with Crippen LogP contribution in [0.4, 0.5) is 26.3 Å². The fraction of sp³-hybridized carbons (Fsp3) is 0.250. The molecule has 26 heavy (non-hydrogen) atoms. The summed E-state index contributed by atoms with van der Waals surface area (Å²) in [6, 6.07) is 3.02. The minimum absolute atomic E-state index is 0.348. The summed E-state index contributed by atoms with van der Waals surface area (Å²) in [7, 11) is 2.04. The van der Waals surface area contributed by atoms with Gasteiger partial charge in [-0.1, -0.05) is 23.2 Å². The second-order valence-corrected chi connectivity index (χ2v) is 5.93. The lowest BCUT2D eigenvalue weighted by Gasteiger charge is -2.22. The number of methoxy groups -OCH3 is 2. The maximum absolute atomic E-state index is 13.5. The second-order valence-electron chi connectivity index (χ2n) is 5.06. The molecule has 142 valence electrons. The van der Waals surface area contributed by atoms with Crippen LogP contribution < -0.4 is 9.47 Å². The van der Waals surface area contributed by atoms with Crippen LogP contribution in [-0.4, -0.2) is 14.2 Å². The zero-order chi connectivity index (χ0) is 19.9. The highest BCUT2D eigenvalue weighted by Gasteiger charge is 2.41. The minimum Gasteiger partial charge on any atom is -0.496 e. The molecule has 0 bridgehead atoms. The van der Waals surface area contributed by atoms with Crippen molar-refractivity contribution in [1.82, 2.24) is 0 Å². The lowest BCUT2D eigenvalue weighted by atomic mass is 9.92. The van der Waals surface area contributed by atoms with Crippen molar-refractivity contribution in [3.63, 3.8) is 0 Å². The van der Waals surface area contributed by atoms with Crippen LogP contribution in [0.5, 0.6) is 11.5 Å². The van der Waals surface area contributed by atoms with Gasteiger partial charge >= 0.3 is 12.4 Å². The Labute approximate surface area is 154 Å². The summed E-state index contributed by atoms with van der Waals surface area (Å²) >= 11 is 11.3. The standard InChI is InChI=1S/C16H10Cl2F6O2/c1-25-11-5-7(17)3-9(15(19,20)21)13(11)14-10(16(22,23)24)4-8(18)6-12(14)26-2/h3-6H,1-2H3. The monoisotopic (exact) mass is 418 g/mol. The number of ether oxygens (including phenoxy) is 2. The van der Waals surface area contributed by atoms with E-state index in [9.17, 15) is 26.3 Å². The first-order chi connectivity index (χ1) is 11.9. The van der Waals surface area contributed by atoms with Crippen molar-refractivity contribution in [1.29, 1.82) is 0 Å². The van der Waals surface area contributed by atoms with Crippen molar-refractivity contribution in [2.24, 2.45) is 0 Å². The van der Waals surface area contributed by atoms with Gasteiger partial charge in [-0.2, -0.15) is 26.3 Å². The average molecular weight is 419 g/mol. The number of alkyl halides is 6. The summed E-state index contributed by atoms with van der Waals surface area (Å²) in [6.07, 6.45) is -10.00. The molecule has 0 amide bonds. The third-order valence-corrected chi connectivity index (χ3v) is 3.87. The largest absolute Gasteiger partial charge is 0.496 e. The first-order valence-electron chi connectivity index (χ1n) is 6.80. The summed E-state index contributed by atoms with van der Waals surface area (Å²) in [5.74, 6) is -0.980. The molecular formula is C16H10Cl2F6O2. The maximum Gasteiger partial charge on any atom is 0.417 e. The summed E-state index contributed by atoms with van der Waals surface area (Å²) in [5, 5.41) is -0.696. The van der Waals surface area contributed by atoms with Crippen molar-refractivity contribution in [2.45, 2.75) is 12.4 Å². The average Bonchev–Trinajstić information content (AvgIpc) is 2.51. The van der Waals surface area contributed by atoms with Crippen LogP contribution in [-0.2, 0) is 12.4 Å². The predicted octanol–water partition coefficient (Wildman–Crippen LogP) is 6.72. The Kier molecular flexibility index (Phi) is 5.58. The van der Waals surface area contributed by atoms with Crippen LogP contribution in [0.15, 0.2) is 24.3 Å². The zero-order valence-electron chi connectivity index (χ0n) is 13.1. The van der Waals surface area contributed by atoms with Crippen LogP contribution in [0, 0.1) is 0 Å². The Hall–Kier alpha value is -1.80. The topological polar surface area (TPSA) is 18.5 Å². The van der Waals surface area contributed by atoms with Gasteiger partial charge in [-0.3, -0.25) is 0 Å². The van der Waals surface area contributed by atoms with E-state index in [0.717, 1.165) is 26.4 Å². The number of hydrogen-bond acceptors (Lipinski definition) is 2. The number of halogens is 8. The van der Waals surface area contributed by atoms with Gasteiger partial charge in [0.25, 0.3) is 0 Å². The predicted molar refractivity (Wildman–Crippen MR) is 85.0 cm³/mol. The molecule has 0 N–H and O–H groups in total. The van der Waals surface area contributed by atoms with E-state index in [1.165, 1.54) is 0 Å². The molecule has 2 aromatic carbocycles. The van der Waals surface area contributed by atoms with Crippen LogP contribution in [0.3, 0.4) is 0 Å². The van der Waals surface area contributed by atoms with Crippen molar-refractivity contribution in [3.05, 3.63) is 45.4 Å². The van der Waals surface area contributed by atoms with Crippen LogP contribution in [0.25, 0.3) is 11.1 Å². The quantitative estimate of drug-likeness (QED) is 0.515. The smallest absolute Gasteiger partial charge is 0.417 e. The summed E-state index contributed by atoms with van der Waals surface area (Å²) < 4.78 is 90.8. The van der Waals surface area contributed by atoms with E-state index in [1.807, 2.05) is 0 Å². The van der Waals surface area contributed by atoms with Crippen LogP contribution in [0.2, 0.25) is 10.0 Å². The lowest BCUT2D eigenvalue weighted by molar-refractivity contribution is -0.139. The highest BCUT2D eigenvalue weighted by Crippen LogP contribution is 2.51. The molecule has 10 heteroatoms.